The largest absolute Gasteiger partial charge is 0.338 e. The second-order valence-corrected chi connectivity index (χ2v) is 5.88. The Morgan fingerprint density at radius 2 is 2.05 bits per heavy atom. The lowest BCUT2D eigenvalue weighted by Crippen LogP contribution is -2.37. The molecule has 0 saturated heterocycles. The van der Waals surface area contributed by atoms with Gasteiger partial charge in [-0.3, -0.25) is 0 Å². The normalized spacial score (nSPS) is 10.3. The maximum atomic E-state index is 12.0. The molecule has 4 heteroatoms. The van der Waals surface area contributed by atoms with Crippen LogP contribution < -0.4 is 5.32 Å². The summed E-state index contributed by atoms with van der Waals surface area (Å²) >= 11 is 1.67. The highest BCUT2D eigenvalue weighted by Crippen LogP contribution is 2.11. The lowest BCUT2D eigenvalue weighted by atomic mass is 10.1. The Morgan fingerprint density at radius 3 is 2.75 bits per heavy atom. The highest BCUT2D eigenvalue weighted by atomic mass is 32.1. The van der Waals surface area contributed by atoms with Gasteiger partial charge in [-0.25, -0.2) is 4.79 Å². The van der Waals surface area contributed by atoms with Gasteiger partial charge in [-0.15, -0.1) is 11.3 Å². The predicted octanol–water partition coefficient (Wildman–Crippen LogP) is 3.44. The Morgan fingerprint density at radius 1 is 1.25 bits per heavy atom. The standard InChI is InChI=1S/C16H20N2OS/c1-13-6-3-4-7-14(13)9-10-17-16(19)18(2)12-15-8-5-11-20-15/h3-8,11H,9-10,12H2,1-2H3,(H,17,19). The molecule has 3 nitrogen and oxygen atoms in total. The Balaban J connectivity index is 1.76. The molecule has 2 amide bonds. The van der Waals surface area contributed by atoms with Crippen molar-refractivity contribution in [1.82, 2.24) is 10.2 Å². The van der Waals surface area contributed by atoms with Crippen molar-refractivity contribution >= 4 is 17.4 Å². The molecule has 1 heterocycles. The molecule has 0 radical (unpaired) electrons. The number of benzene rings is 1. The first-order chi connectivity index (χ1) is 9.66. The third-order valence-electron chi connectivity index (χ3n) is 3.25. The summed E-state index contributed by atoms with van der Waals surface area (Å²) in [7, 11) is 1.82. The topological polar surface area (TPSA) is 32.3 Å². The van der Waals surface area contributed by atoms with Crippen LogP contribution in [0.4, 0.5) is 4.79 Å². The van der Waals surface area contributed by atoms with Crippen molar-refractivity contribution in [2.45, 2.75) is 19.9 Å². The molecule has 1 aromatic heterocycles. The number of carbonyl (C=O) groups is 1. The van der Waals surface area contributed by atoms with Gasteiger partial charge in [0, 0.05) is 18.5 Å². The smallest absolute Gasteiger partial charge is 0.317 e. The van der Waals surface area contributed by atoms with Crippen LogP contribution in [-0.2, 0) is 13.0 Å². The average Bonchev–Trinajstić information content (AvgIpc) is 2.93. The summed E-state index contributed by atoms with van der Waals surface area (Å²) in [5, 5.41) is 4.99. The molecule has 0 bridgehead atoms. The van der Waals surface area contributed by atoms with Crippen LogP contribution in [0.3, 0.4) is 0 Å². The minimum absolute atomic E-state index is 0.0213. The zero-order valence-electron chi connectivity index (χ0n) is 11.9. The summed E-state index contributed by atoms with van der Waals surface area (Å²) < 4.78 is 0. The maximum Gasteiger partial charge on any atom is 0.317 e. The SMILES string of the molecule is Cc1ccccc1CCNC(=O)N(C)Cc1cccs1. The molecule has 0 spiro atoms. The van der Waals surface area contributed by atoms with Crippen molar-refractivity contribution in [1.29, 1.82) is 0 Å². The van der Waals surface area contributed by atoms with Gasteiger partial charge in [-0.1, -0.05) is 30.3 Å². The number of nitrogens with zero attached hydrogens (tertiary/aromatic N) is 1. The van der Waals surface area contributed by atoms with Gasteiger partial charge in [-0.2, -0.15) is 0 Å². The first-order valence-electron chi connectivity index (χ1n) is 6.72. The average molecular weight is 288 g/mol. The van der Waals surface area contributed by atoms with E-state index in [1.54, 1.807) is 16.2 Å². The van der Waals surface area contributed by atoms with Gasteiger partial charge in [0.05, 0.1) is 6.54 Å². The highest BCUT2D eigenvalue weighted by molar-refractivity contribution is 7.09. The van der Waals surface area contributed by atoms with E-state index < -0.39 is 0 Å². The molecule has 0 aliphatic rings. The zero-order chi connectivity index (χ0) is 14.4. The molecule has 0 aliphatic carbocycles. The fraction of sp³-hybridized carbons (Fsp3) is 0.312. The quantitative estimate of drug-likeness (QED) is 0.898. The van der Waals surface area contributed by atoms with Crippen LogP contribution in [0.2, 0.25) is 0 Å². The van der Waals surface area contributed by atoms with Crippen molar-refractivity contribution in [2.75, 3.05) is 13.6 Å². The van der Waals surface area contributed by atoms with Crippen molar-refractivity contribution in [3.8, 4) is 0 Å². The summed E-state index contributed by atoms with van der Waals surface area (Å²) in [5.74, 6) is 0. The first kappa shape index (κ1) is 14.6. The molecule has 1 N–H and O–H groups in total. The predicted molar refractivity (Wildman–Crippen MR) is 84.1 cm³/mol. The third-order valence-corrected chi connectivity index (χ3v) is 4.11. The molecule has 2 aromatic rings. The van der Waals surface area contributed by atoms with E-state index in [9.17, 15) is 4.79 Å². The summed E-state index contributed by atoms with van der Waals surface area (Å²) in [6.07, 6.45) is 0.866. The summed E-state index contributed by atoms with van der Waals surface area (Å²) in [4.78, 5) is 14.9. The number of thiophene rings is 1. The van der Waals surface area contributed by atoms with E-state index in [0.717, 1.165) is 6.42 Å². The molecular weight excluding hydrogens is 268 g/mol. The van der Waals surface area contributed by atoms with Gasteiger partial charge in [0.2, 0.25) is 0 Å². The van der Waals surface area contributed by atoms with Gasteiger partial charge < -0.3 is 10.2 Å². The number of urea groups is 1. The van der Waals surface area contributed by atoms with Crippen molar-refractivity contribution in [3.63, 3.8) is 0 Å². The van der Waals surface area contributed by atoms with E-state index in [2.05, 4.69) is 24.4 Å². The minimum atomic E-state index is -0.0213. The molecule has 0 atom stereocenters. The molecule has 0 saturated carbocycles. The van der Waals surface area contributed by atoms with E-state index >= 15 is 0 Å². The number of carbonyl (C=O) groups excluding carboxylic acids is 1. The first-order valence-corrected chi connectivity index (χ1v) is 7.60. The van der Waals surface area contributed by atoms with E-state index in [-0.39, 0.29) is 6.03 Å². The van der Waals surface area contributed by atoms with Crippen molar-refractivity contribution in [3.05, 3.63) is 57.8 Å². The van der Waals surface area contributed by atoms with E-state index in [1.807, 2.05) is 36.7 Å². The van der Waals surface area contributed by atoms with Crippen LogP contribution in [-0.4, -0.2) is 24.5 Å². The number of rotatable bonds is 5. The monoisotopic (exact) mass is 288 g/mol. The minimum Gasteiger partial charge on any atom is -0.338 e. The lowest BCUT2D eigenvalue weighted by Gasteiger charge is -2.17. The van der Waals surface area contributed by atoms with Crippen LogP contribution in [0, 0.1) is 6.92 Å². The molecule has 0 unspecified atom stereocenters. The van der Waals surface area contributed by atoms with Crippen LogP contribution in [0.15, 0.2) is 41.8 Å². The molecule has 106 valence electrons. The van der Waals surface area contributed by atoms with Crippen LogP contribution in [0.5, 0.6) is 0 Å². The highest BCUT2D eigenvalue weighted by Gasteiger charge is 2.08. The fourth-order valence-corrected chi connectivity index (χ4v) is 2.79. The van der Waals surface area contributed by atoms with Gasteiger partial charge in [0.1, 0.15) is 0 Å². The second kappa shape index (κ2) is 7.10. The Labute approximate surface area is 124 Å². The zero-order valence-corrected chi connectivity index (χ0v) is 12.7. The molecule has 1 aromatic carbocycles. The number of hydrogen-bond acceptors (Lipinski definition) is 2. The van der Waals surface area contributed by atoms with Crippen LogP contribution in [0.1, 0.15) is 16.0 Å². The molecular formula is C16H20N2OS. The number of nitrogens with one attached hydrogen (secondary N) is 1. The molecule has 0 aliphatic heterocycles. The van der Waals surface area contributed by atoms with Gasteiger partial charge >= 0.3 is 6.03 Å². The fourth-order valence-electron chi connectivity index (χ4n) is 2.04. The van der Waals surface area contributed by atoms with Crippen molar-refractivity contribution in [2.24, 2.45) is 0 Å². The van der Waals surface area contributed by atoms with E-state index in [0.29, 0.717) is 13.1 Å². The van der Waals surface area contributed by atoms with Gasteiger partial charge in [-0.05, 0) is 35.9 Å². The molecule has 0 fully saturated rings. The maximum absolute atomic E-state index is 12.0. The Hall–Kier alpha value is -1.81. The number of aryl methyl sites for hydroxylation is 1. The Kier molecular flexibility index (Phi) is 5.18. The lowest BCUT2D eigenvalue weighted by molar-refractivity contribution is 0.207. The summed E-state index contributed by atoms with van der Waals surface area (Å²) in [6.45, 7) is 3.42. The van der Waals surface area contributed by atoms with Crippen molar-refractivity contribution < 1.29 is 4.79 Å². The Bertz CT molecular complexity index is 551. The third kappa shape index (κ3) is 4.10. The molecule has 20 heavy (non-hydrogen) atoms. The van der Waals surface area contributed by atoms with Crippen LogP contribution >= 0.6 is 11.3 Å². The molecule has 2 rings (SSSR count). The number of hydrogen-bond donors (Lipinski definition) is 1. The van der Waals surface area contributed by atoms with Gasteiger partial charge in [0.15, 0.2) is 0 Å². The van der Waals surface area contributed by atoms with E-state index in [1.165, 1.54) is 16.0 Å². The summed E-state index contributed by atoms with van der Waals surface area (Å²) in [6, 6.07) is 12.3. The second-order valence-electron chi connectivity index (χ2n) is 4.84. The van der Waals surface area contributed by atoms with Gasteiger partial charge in [0.25, 0.3) is 0 Å². The van der Waals surface area contributed by atoms with Crippen LogP contribution in [0.25, 0.3) is 0 Å². The van der Waals surface area contributed by atoms with E-state index in [4.69, 9.17) is 0 Å². The summed E-state index contributed by atoms with van der Waals surface area (Å²) in [5.41, 5.74) is 2.56. The number of amides is 2.